The van der Waals surface area contributed by atoms with Crippen molar-refractivity contribution in [3.05, 3.63) is 0 Å². The number of nitrogens with one attached hydrogen (secondary N) is 1. The number of rotatable bonds is 3. The van der Waals surface area contributed by atoms with Gasteiger partial charge in [-0.05, 0) is 32.6 Å². The predicted octanol–water partition coefficient (Wildman–Crippen LogP) is 1.48. The van der Waals surface area contributed by atoms with Gasteiger partial charge in [-0.2, -0.15) is 0 Å². The zero-order valence-electron chi connectivity index (χ0n) is 11.1. The summed E-state index contributed by atoms with van der Waals surface area (Å²) in [4.78, 5) is 15.8. The maximum Gasteiger partial charge on any atom is 0.320 e. The molecule has 0 aromatic heterocycles. The Morgan fingerprint density at radius 2 is 2.00 bits per heavy atom. The van der Waals surface area contributed by atoms with E-state index < -0.39 is 0 Å². The van der Waals surface area contributed by atoms with E-state index in [2.05, 4.69) is 6.92 Å². The van der Waals surface area contributed by atoms with Gasteiger partial charge in [-0.25, -0.2) is 4.79 Å². The van der Waals surface area contributed by atoms with E-state index in [1.54, 1.807) is 4.90 Å². The van der Waals surface area contributed by atoms with Gasteiger partial charge in [-0.1, -0.05) is 6.92 Å². The molecule has 98 valence electrons. The summed E-state index contributed by atoms with van der Waals surface area (Å²) in [6, 6.07) is 0.0906. The molecule has 0 bridgehead atoms. The first-order chi connectivity index (χ1) is 7.91. The van der Waals surface area contributed by atoms with Crippen molar-refractivity contribution in [3.8, 4) is 0 Å². The summed E-state index contributed by atoms with van der Waals surface area (Å²) in [5.74, 6) is 0.747. The van der Waals surface area contributed by atoms with Crippen LogP contribution in [0.15, 0.2) is 0 Å². The Morgan fingerprint density at radius 1 is 1.47 bits per heavy atom. The number of carbonyl (C=O) groups excluding carboxylic acids is 1. The lowest BCUT2D eigenvalue weighted by Gasteiger charge is -2.36. The number of amides is 2. The van der Waals surface area contributed by atoms with E-state index in [1.807, 2.05) is 18.7 Å². The molecule has 1 fully saturated rings. The van der Waals surface area contributed by atoms with Gasteiger partial charge in [0, 0.05) is 19.1 Å². The first-order valence-electron chi connectivity index (χ1n) is 6.30. The summed E-state index contributed by atoms with van der Waals surface area (Å²) in [5.41, 5.74) is 5.39. The van der Waals surface area contributed by atoms with Crippen LogP contribution in [0.25, 0.3) is 0 Å². The largest absolute Gasteiger partial charge is 0.386 e. The summed E-state index contributed by atoms with van der Waals surface area (Å²) >= 11 is 0. The minimum Gasteiger partial charge on any atom is -0.386 e. The van der Waals surface area contributed by atoms with Crippen LogP contribution in [-0.4, -0.2) is 47.3 Å². The van der Waals surface area contributed by atoms with Crippen molar-refractivity contribution in [1.29, 1.82) is 5.41 Å². The third kappa shape index (κ3) is 3.91. The molecule has 0 aromatic rings. The topological polar surface area (TPSA) is 73.4 Å². The van der Waals surface area contributed by atoms with Crippen LogP contribution in [0.2, 0.25) is 0 Å². The van der Waals surface area contributed by atoms with Crippen molar-refractivity contribution in [2.45, 2.75) is 39.7 Å². The molecule has 1 rings (SSSR count). The van der Waals surface area contributed by atoms with Gasteiger partial charge in [0.2, 0.25) is 0 Å². The highest BCUT2D eigenvalue weighted by Gasteiger charge is 2.26. The summed E-state index contributed by atoms with van der Waals surface area (Å²) in [6.07, 6.45) is 2.13. The maximum absolute atomic E-state index is 12.3. The number of amidine groups is 1. The van der Waals surface area contributed by atoms with Crippen molar-refractivity contribution in [3.63, 3.8) is 0 Å². The Labute approximate surface area is 103 Å². The Morgan fingerprint density at radius 3 is 2.41 bits per heavy atom. The van der Waals surface area contributed by atoms with E-state index in [0.717, 1.165) is 25.9 Å². The Balaban J connectivity index is 2.61. The van der Waals surface area contributed by atoms with Gasteiger partial charge in [0.15, 0.2) is 0 Å². The van der Waals surface area contributed by atoms with Crippen LogP contribution in [0.5, 0.6) is 0 Å². The quantitative estimate of drug-likeness (QED) is 0.579. The molecule has 3 N–H and O–H groups in total. The fourth-order valence-corrected chi connectivity index (χ4v) is 2.04. The van der Waals surface area contributed by atoms with Gasteiger partial charge in [0.25, 0.3) is 0 Å². The average molecular weight is 240 g/mol. The fourth-order valence-electron chi connectivity index (χ4n) is 2.04. The number of likely N-dealkylation sites (tertiary alicyclic amines) is 1. The lowest BCUT2D eigenvalue weighted by Crippen LogP contribution is -2.51. The predicted molar refractivity (Wildman–Crippen MR) is 69.1 cm³/mol. The molecule has 0 unspecified atom stereocenters. The molecule has 0 spiro atoms. The minimum atomic E-state index is 0.0158. The lowest BCUT2D eigenvalue weighted by molar-refractivity contribution is 0.130. The average Bonchev–Trinajstić information content (AvgIpc) is 2.25. The SMILES string of the molecule is CC1CCN(C(=O)N(CC(=N)N)C(C)C)CC1. The Hall–Kier alpha value is -1.26. The van der Waals surface area contributed by atoms with Gasteiger partial charge in [-0.15, -0.1) is 0 Å². The number of urea groups is 1. The monoisotopic (exact) mass is 240 g/mol. The summed E-state index contributed by atoms with van der Waals surface area (Å²) in [6.45, 7) is 7.99. The maximum atomic E-state index is 12.3. The molecule has 0 atom stereocenters. The fraction of sp³-hybridized carbons (Fsp3) is 0.833. The van der Waals surface area contributed by atoms with E-state index >= 15 is 0 Å². The normalized spacial score (nSPS) is 17.3. The van der Waals surface area contributed by atoms with Crippen LogP contribution >= 0.6 is 0 Å². The zero-order chi connectivity index (χ0) is 13.0. The molecule has 5 nitrogen and oxygen atoms in total. The highest BCUT2D eigenvalue weighted by atomic mass is 16.2. The smallest absolute Gasteiger partial charge is 0.320 e. The van der Waals surface area contributed by atoms with Crippen molar-refractivity contribution < 1.29 is 4.79 Å². The number of hydrogen-bond acceptors (Lipinski definition) is 2. The van der Waals surface area contributed by atoms with Crippen LogP contribution < -0.4 is 5.73 Å². The summed E-state index contributed by atoms with van der Waals surface area (Å²) in [7, 11) is 0. The molecule has 1 heterocycles. The molecule has 17 heavy (non-hydrogen) atoms. The van der Waals surface area contributed by atoms with E-state index in [0.29, 0.717) is 5.92 Å². The van der Waals surface area contributed by atoms with Crippen molar-refractivity contribution in [2.24, 2.45) is 11.7 Å². The lowest BCUT2D eigenvalue weighted by atomic mass is 9.99. The molecule has 1 saturated heterocycles. The third-order valence-corrected chi connectivity index (χ3v) is 3.26. The van der Waals surface area contributed by atoms with Gasteiger partial charge in [-0.3, -0.25) is 5.41 Å². The molecule has 5 heteroatoms. The molecule has 1 aliphatic rings. The molecule has 0 radical (unpaired) electrons. The van der Waals surface area contributed by atoms with E-state index in [-0.39, 0.29) is 24.5 Å². The van der Waals surface area contributed by atoms with Crippen LogP contribution in [0.4, 0.5) is 4.79 Å². The molecule has 2 amide bonds. The number of nitrogens with two attached hydrogens (primary N) is 1. The second-order valence-electron chi connectivity index (χ2n) is 5.20. The van der Waals surface area contributed by atoms with Crippen molar-refractivity contribution >= 4 is 11.9 Å². The van der Waals surface area contributed by atoms with Crippen LogP contribution in [0, 0.1) is 11.3 Å². The van der Waals surface area contributed by atoms with Crippen LogP contribution in [-0.2, 0) is 0 Å². The van der Waals surface area contributed by atoms with Gasteiger partial charge < -0.3 is 15.5 Å². The Bertz CT molecular complexity index is 282. The highest BCUT2D eigenvalue weighted by Crippen LogP contribution is 2.17. The molecule has 0 aromatic carbocycles. The van der Waals surface area contributed by atoms with Crippen molar-refractivity contribution in [2.75, 3.05) is 19.6 Å². The molecular weight excluding hydrogens is 216 g/mol. The second-order valence-corrected chi connectivity index (χ2v) is 5.20. The van der Waals surface area contributed by atoms with E-state index in [1.165, 1.54) is 0 Å². The van der Waals surface area contributed by atoms with Gasteiger partial charge in [0.05, 0.1) is 6.54 Å². The summed E-state index contributed by atoms with van der Waals surface area (Å²) < 4.78 is 0. The van der Waals surface area contributed by atoms with E-state index in [4.69, 9.17) is 11.1 Å². The second kappa shape index (κ2) is 5.89. The first-order valence-corrected chi connectivity index (χ1v) is 6.30. The molecule has 1 aliphatic heterocycles. The number of nitrogens with zero attached hydrogens (tertiary/aromatic N) is 2. The number of carbonyl (C=O) groups is 1. The molecular formula is C12H24N4O. The van der Waals surface area contributed by atoms with Crippen LogP contribution in [0.3, 0.4) is 0 Å². The minimum absolute atomic E-state index is 0.0158. The Kier molecular flexibility index (Phi) is 4.78. The molecule has 0 aliphatic carbocycles. The molecule has 0 saturated carbocycles. The highest BCUT2D eigenvalue weighted by molar-refractivity contribution is 5.84. The zero-order valence-corrected chi connectivity index (χ0v) is 11.1. The van der Waals surface area contributed by atoms with Gasteiger partial charge >= 0.3 is 6.03 Å². The number of piperidine rings is 1. The van der Waals surface area contributed by atoms with E-state index in [9.17, 15) is 4.79 Å². The van der Waals surface area contributed by atoms with Gasteiger partial charge in [0.1, 0.15) is 5.84 Å². The van der Waals surface area contributed by atoms with Crippen LogP contribution in [0.1, 0.15) is 33.6 Å². The first kappa shape index (κ1) is 13.8. The van der Waals surface area contributed by atoms with Crippen molar-refractivity contribution in [1.82, 2.24) is 9.80 Å². The standard InChI is InChI=1S/C12H24N4O/c1-9(2)16(8-11(13)14)12(17)15-6-4-10(3)5-7-15/h9-10H,4-8H2,1-3H3,(H3,13,14). The third-order valence-electron chi connectivity index (χ3n) is 3.26. The number of hydrogen-bond donors (Lipinski definition) is 2. The summed E-state index contributed by atoms with van der Waals surface area (Å²) in [5, 5.41) is 7.32.